The Morgan fingerprint density at radius 2 is 2.24 bits per heavy atom. The zero-order chi connectivity index (χ0) is 17.6. The van der Waals surface area contributed by atoms with Crippen LogP contribution in [0.2, 0.25) is 0 Å². The number of fused-ring (bicyclic) bond motifs is 1. The Labute approximate surface area is 148 Å². The number of amides is 1. The summed E-state index contributed by atoms with van der Waals surface area (Å²) >= 11 is 1.43. The molecular weight excluding hydrogens is 334 g/mol. The summed E-state index contributed by atoms with van der Waals surface area (Å²) in [5.74, 6) is -0.0738. The van der Waals surface area contributed by atoms with E-state index in [1.54, 1.807) is 6.20 Å². The standard InChI is InChI=1S/C18H15N5OS/c1-9-7-22-25-17(9)11-2-10-5-16(21-8-14(10)15(20)4-11)23-18(24)13-3-12(13)6-19/h2,4-5,7-8,12-13H,3,20H2,1H3,(H,21,23,24)/t12-,13+/m1/s1. The minimum absolute atomic E-state index is 0.152. The number of carbonyl (C=O) groups excluding carboxylic acids is 1. The molecule has 25 heavy (non-hydrogen) atoms. The molecule has 0 spiro atoms. The lowest BCUT2D eigenvalue weighted by atomic mass is 10.0. The summed E-state index contributed by atoms with van der Waals surface area (Å²) in [7, 11) is 0. The number of benzene rings is 1. The van der Waals surface area contributed by atoms with Crippen LogP contribution in [0.1, 0.15) is 12.0 Å². The number of rotatable bonds is 3. The second-order valence-corrected chi connectivity index (χ2v) is 7.06. The van der Waals surface area contributed by atoms with E-state index < -0.39 is 0 Å². The molecule has 1 aliphatic carbocycles. The second kappa shape index (κ2) is 5.83. The quantitative estimate of drug-likeness (QED) is 0.706. The first-order chi connectivity index (χ1) is 12.1. The average Bonchev–Trinajstić information content (AvgIpc) is 3.27. The fraction of sp³-hybridized carbons (Fsp3) is 0.222. The minimum Gasteiger partial charge on any atom is -0.398 e. The van der Waals surface area contributed by atoms with Crippen LogP contribution in [0.3, 0.4) is 0 Å². The van der Waals surface area contributed by atoms with Gasteiger partial charge >= 0.3 is 0 Å². The Hall–Kier alpha value is -2.98. The van der Waals surface area contributed by atoms with Gasteiger partial charge in [-0.1, -0.05) is 0 Å². The number of nitrogens with one attached hydrogen (secondary N) is 1. The number of hydrogen-bond donors (Lipinski definition) is 2. The van der Waals surface area contributed by atoms with Crippen LogP contribution in [0.15, 0.2) is 30.6 Å². The fourth-order valence-electron chi connectivity index (χ4n) is 2.90. The van der Waals surface area contributed by atoms with Crippen molar-refractivity contribution in [2.24, 2.45) is 11.8 Å². The lowest BCUT2D eigenvalue weighted by Gasteiger charge is -2.09. The van der Waals surface area contributed by atoms with Gasteiger partial charge in [-0.2, -0.15) is 5.26 Å². The summed E-state index contributed by atoms with van der Waals surface area (Å²) in [6.07, 6.45) is 4.12. The molecule has 0 aliphatic heterocycles. The van der Waals surface area contributed by atoms with E-state index >= 15 is 0 Å². The van der Waals surface area contributed by atoms with Gasteiger partial charge in [0.2, 0.25) is 5.91 Å². The van der Waals surface area contributed by atoms with Gasteiger partial charge in [-0.3, -0.25) is 4.79 Å². The zero-order valence-electron chi connectivity index (χ0n) is 13.5. The van der Waals surface area contributed by atoms with E-state index in [-0.39, 0.29) is 17.7 Å². The number of pyridine rings is 1. The molecule has 0 bridgehead atoms. The highest BCUT2D eigenvalue weighted by Crippen LogP contribution is 2.39. The molecule has 2 heterocycles. The molecule has 3 aromatic rings. The van der Waals surface area contributed by atoms with E-state index in [1.807, 2.05) is 31.3 Å². The van der Waals surface area contributed by atoms with Crippen LogP contribution in [-0.2, 0) is 4.79 Å². The van der Waals surface area contributed by atoms with Crippen LogP contribution in [0.5, 0.6) is 0 Å². The normalized spacial score (nSPS) is 18.7. The molecule has 6 nitrogen and oxygen atoms in total. The predicted molar refractivity (Wildman–Crippen MR) is 97.8 cm³/mol. The van der Waals surface area contributed by atoms with Gasteiger partial charge < -0.3 is 11.1 Å². The molecule has 1 aromatic carbocycles. The number of nitrogen functional groups attached to an aromatic ring is 1. The van der Waals surface area contributed by atoms with Crippen molar-refractivity contribution < 1.29 is 4.79 Å². The summed E-state index contributed by atoms with van der Waals surface area (Å²) in [5.41, 5.74) is 8.92. The molecule has 1 amide bonds. The van der Waals surface area contributed by atoms with Gasteiger partial charge in [0, 0.05) is 23.5 Å². The van der Waals surface area contributed by atoms with Crippen LogP contribution < -0.4 is 11.1 Å². The first-order valence-corrected chi connectivity index (χ1v) is 8.65. The Morgan fingerprint density at radius 3 is 2.92 bits per heavy atom. The topological polar surface area (TPSA) is 105 Å². The van der Waals surface area contributed by atoms with Gasteiger partial charge in [0.25, 0.3) is 0 Å². The van der Waals surface area contributed by atoms with E-state index in [9.17, 15) is 4.79 Å². The molecule has 4 rings (SSSR count). The van der Waals surface area contributed by atoms with Gasteiger partial charge in [-0.05, 0) is 59.6 Å². The number of aromatic nitrogens is 2. The van der Waals surface area contributed by atoms with Crippen molar-refractivity contribution in [3.05, 3.63) is 36.2 Å². The molecule has 2 aromatic heterocycles. The molecule has 1 aliphatic rings. The number of nitriles is 1. The number of nitrogens with two attached hydrogens (primary N) is 1. The van der Waals surface area contributed by atoms with E-state index in [1.165, 1.54) is 11.5 Å². The van der Waals surface area contributed by atoms with Gasteiger partial charge in [-0.25, -0.2) is 9.36 Å². The van der Waals surface area contributed by atoms with Crippen LogP contribution >= 0.6 is 11.5 Å². The Balaban J connectivity index is 1.68. The highest BCUT2D eigenvalue weighted by molar-refractivity contribution is 7.09. The SMILES string of the molecule is Cc1cnsc1-c1cc(N)c2cnc(NC(=O)[C@H]3C[C@@H]3C#N)cc2c1. The van der Waals surface area contributed by atoms with E-state index in [0.29, 0.717) is 17.9 Å². The van der Waals surface area contributed by atoms with E-state index in [0.717, 1.165) is 26.8 Å². The third kappa shape index (κ3) is 2.81. The Kier molecular flexibility index (Phi) is 3.62. The van der Waals surface area contributed by atoms with Gasteiger partial charge in [0.1, 0.15) is 5.82 Å². The van der Waals surface area contributed by atoms with Gasteiger partial charge in [0.05, 0.1) is 22.8 Å². The van der Waals surface area contributed by atoms with Gasteiger partial charge in [-0.15, -0.1) is 0 Å². The van der Waals surface area contributed by atoms with Crippen molar-refractivity contribution in [2.75, 3.05) is 11.1 Å². The smallest absolute Gasteiger partial charge is 0.230 e. The lowest BCUT2D eigenvalue weighted by molar-refractivity contribution is -0.117. The summed E-state index contributed by atoms with van der Waals surface area (Å²) in [4.78, 5) is 17.5. The molecule has 2 atom stereocenters. The predicted octanol–water partition coefficient (Wildman–Crippen LogP) is 3.35. The number of carbonyl (C=O) groups is 1. The second-order valence-electron chi connectivity index (χ2n) is 6.26. The van der Waals surface area contributed by atoms with Crippen LogP contribution in [0.4, 0.5) is 11.5 Å². The summed E-state index contributed by atoms with van der Waals surface area (Å²) in [6, 6.07) is 7.88. The van der Waals surface area contributed by atoms with Crippen molar-refractivity contribution in [1.82, 2.24) is 9.36 Å². The van der Waals surface area contributed by atoms with Crippen molar-refractivity contribution in [1.29, 1.82) is 5.26 Å². The number of aryl methyl sites for hydroxylation is 1. The highest BCUT2D eigenvalue weighted by Gasteiger charge is 2.43. The minimum atomic E-state index is -0.223. The number of anilines is 2. The third-order valence-electron chi connectivity index (χ3n) is 4.42. The zero-order valence-corrected chi connectivity index (χ0v) is 14.3. The van der Waals surface area contributed by atoms with Crippen molar-refractivity contribution >= 4 is 39.7 Å². The first-order valence-electron chi connectivity index (χ1n) is 7.88. The molecule has 1 fully saturated rings. The van der Waals surface area contributed by atoms with E-state index in [2.05, 4.69) is 20.7 Å². The maximum atomic E-state index is 12.1. The number of nitrogens with zero attached hydrogens (tertiary/aromatic N) is 3. The molecule has 7 heteroatoms. The van der Waals surface area contributed by atoms with Gasteiger partial charge in [0.15, 0.2) is 0 Å². The van der Waals surface area contributed by atoms with Crippen LogP contribution in [0, 0.1) is 30.1 Å². The van der Waals surface area contributed by atoms with Crippen molar-refractivity contribution in [3.63, 3.8) is 0 Å². The molecule has 124 valence electrons. The fourth-order valence-corrected chi connectivity index (χ4v) is 3.64. The summed E-state index contributed by atoms with van der Waals surface area (Å²) in [5, 5.41) is 13.4. The maximum absolute atomic E-state index is 12.1. The Bertz CT molecular complexity index is 1040. The average molecular weight is 349 g/mol. The Morgan fingerprint density at radius 1 is 1.40 bits per heavy atom. The number of hydrogen-bond acceptors (Lipinski definition) is 6. The molecule has 0 unspecified atom stereocenters. The lowest BCUT2D eigenvalue weighted by Crippen LogP contribution is -2.15. The van der Waals surface area contributed by atoms with Crippen LogP contribution in [0.25, 0.3) is 21.2 Å². The highest BCUT2D eigenvalue weighted by atomic mass is 32.1. The summed E-state index contributed by atoms with van der Waals surface area (Å²) in [6.45, 7) is 2.01. The first kappa shape index (κ1) is 15.5. The van der Waals surface area contributed by atoms with Crippen molar-refractivity contribution in [3.8, 4) is 16.5 Å². The summed E-state index contributed by atoms with van der Waals surface area (Å²) < 4.78 is 4.21. The molecule has 0 radical (unpaired) electrons. The van der Waals surface area contributed by atoms with Crippen molar-refractivity contribution in [2.45, 2.75) is 13.3 Å². The third-order valence-corrected chi connectivity index (χ3v) is 5.38. The van der Waals surface area contributed by atoms with Crippen LogP contribution in [-0.4, -0.2) is 15.3 Å². The molecule has 3 N–H and O–H groups in total. The maximum Gasteiger partial charge on any atom is 0.230 e. The monoisotopic (exact) mass is 349 g/mol. The largest absolute Gasteiger partial charge is 0.398 e. The molecular formula is C18H15N5OS. The molecule has 0 saturated heterocycles. The van der Waals surface area contributed by atoms with E-state index in [4.69, 9.17) is 11.0 Å². The molecule has 1 saturated carbocycles.